The summed E-state index contributed by atoms with van der Waals surface area (Å²) in [6.45, 7) is 4.88. The lowest BCUT2D eigenvalue weighted by atomic mass is 9.93. The maximum atomic E-state index is 13.4. The van der Waals surface area contributed by atoms with Gasteiger partial charge >= 0.3 is 0 Å². The number of nitrogens with one attached hydrogen (secondary N) is 1. The molecular formula is C15H21FN2O. The first-order chi connectivity index (χ1) is 9.33. The van der Waals surface area contributed by atoms with Crippen molar-refractivity contribution in [2.45, 2.75) is 18.9 Å². The molecule has 1 aromatic carbocycles. The molecule has 2 aliphatic rings. The second kappa shape index (κ2) is 5.88. The summed E-state index contributed by atoms with van der Waals surface area (Å²) in [6.07, 6.45) is 2.51. The minimum Gasteiger partial charge on any atom is -0.489 e. The second-order valence-corrected chi connectivity index (χ2v) is 5.48. The van der Waals surface area contributed by atoms with Crippen LogP contribution < -0.4 is 10.1 Å². The molecular weight excluding hydrogens is 243 g/mol. The molecule has 0 aromatic heterocycles. The summed E-state index contributed by atoms with van der Waals surface area (Å²) in [6, 6.07) is 7.32. The van der Waals surface area contributed by atoms with E-state index in [2.05, 4.69) is 10.2 Å². The van der Waals surface area contributed by atoms with Gasteiger partial charge in [-0.05, 0) is 44.0 Å². The standard InChI is InChI=1S/C15H21FN2O/c16-13-3-1-2-4-15(13)19-10-9-18-8-6-14-12(11-18)5-7-17-14/h1-4,12,14,17H,5-11H2. The van der Waals surface area contributed by atoms with E-state index in [1.165, 1.54) is 18.9 Å². The molecule has 2 atom stereocenters. The number of piperidine rings is 1. The highest BCUT2D eigenvalue weighted by Crippen LogP contribution is 2.24. The average molecular weight is 264 g/mol. The maximum Gasteiger partial charge on any atom is 0.165 e. The van der Waals surface area contributed by atoms with Crippen LogP contribution in [0.3, 0.4) is 0 Å². The van der Waals surface area contributed by atoms with Gasteiger partial charge in [0, 0.05) is 19.1 Å². The number of ether oxygens (including phenoxy) is 1. The van der Waals surface area contributed by atoms with E-state index in [1.807, 2.05) is 0 Å². The van der Waals surface area contributed by atoms with Gasteiger partial charge in [-0.25, -0.2) is 4.39 Å². The highest BCUT2D eigenvalue weighted by Gasteiger charge is 2.32. The van der Waals surface area contributed by atoms with E-state index in [-0.39, 0.29) is 5.82 Å². The summed E-state index contributed by atoms with van der Waals surface area (Å²) in [5.74, 6) is 0.878. The molecule has 3 rings (SSSR count). The third-order valence-corrected chi connectivity index (χ3v) is 4.24. The summed E-state index contributed by atoms with van der Waals surface area (Å²) in [5, 5.41) is 3.56. The molecule has 0 radical (unpaired) electrons. The smallest absolute Gasteiger partial charge is 0.165 e. The van der Waals surface area contributed by atoms with Gasteiger partial charge in [-0.3, -0.25) is 4.90 Å². The summed E-state index contributed by atoms with van der Waals surface area (Å²) in [4.78, 5) is 2.44. The Morgan fingerprint density at radius 1 is 1.32 bits per heavy atom. The highest BCUT2D eigenvalue weighted by molar-refractivity contribution is 5.23. The first kappa shape index (κ1) is 12.9. The van der Waals surface area contributed by atoms with E-state index >= 15 is 0 Å². The molecule has 19 heavy (non-hydrogen) atoms. The van der Waals surface area contributed by atoms with Crippen molar-refractivity contribution in [2.75, 3.05) is 32.8 Å². The zero-order valence-corrected chi connectivity index (χ0v) is 11.1. The van der Waals surface area contributed by atoms with E-state index in [0.29, 0.717) is 12.4 Å². The van der Waals surface area contributed by atoms with Crippen molar-refractivity contribution < 1.29 is 9.13 Å². The summed E-state index contributed by atoms with van der Waals surface area (Å²) in [7, 11) is 0. The molecule has 0 bridgehead atoms. The fourth-order valence-electron chi connectivity index (χ4n) is 3.17. The van der Waals surface area contributed by atoms with Crippen molar-refractivity contribution in [3.8, 4) is 5.75 Å². The molecule has 1 N–H and O–H groups in total. The predicted molar refractivity (Wildman–Crippen MR) is 72.8 cm³/mol. The van der Waals surface area contributed by atoms with Gasteiger partial charge in [0.2, 0.25) is 0 Å². The van der Waals surface area contributed by atoms with Crippen LogP contribution in [0.1, 0.15) is 12.8 Å². The van der Waals surface area contributed by atoms with Crippen molar-refractivity contribution >= 4 is 0 Å². The van der Waals surface area contributed by atoms with Crippen LogP contribution in [0.25, 0.3) is 0 Å². The van der Waals surface area contributed by atoms with E-state index in [0.717, 1.165) is 38.1 Å². The normalized spacial score (nSPS) is 27.2. The molecule has 0 saturated carbocycles. The van der Waals surface area contributed by atoms with Gasteiger partial charge in [0.05, 0.1) is 0 Å². The van der Waals surface area contributed by atoms with Gasteiger partial charge < -0.3 is 10.1 Å². The van der Waals surface area contributed by atoms with Gasteiger partial charge in [-0.15, -0.1) is 0 Å². The monoisotopic (exact) mass is 264 g/mol. The molecule has 0 spiro atoms. The molecule has 0 aliphatic carbocycles. The topological polar surface area (TPSA) is 24.5 Å². The Balaban J connectivity index is 1.44. The lowest BCUT2D eigenvalue weighted by molar-refractivity contribution is 0.137. The second-order valence-electron chi connectivity index (χ2n) is 5.48. The largest absolute Gasteiger partial charge is 0.489 e. The van der Waals surface area contributed by atoms with Gasteiger partial charge in [0.15, 0.2) is 11.6 Å². The Labute approximate surface area is 113 Å². The number of rotatable bonds is 4. The van der Waals surface area contributed by atoms with Gasteiger partial charge in [-0.1, -0.05) is 12.1 Å². The maximum absolute atomic E-state index is 13.4. The number of halogens is 1. The van der Waals surface area contributed by atoms with Crippen LogP contribution in [0.2, 0.25) is 0 Å². The minimum atomic E-state index is -0.277. The molecule has 2 fully saturated rings. The highest BCUT2D eigenvalue weighted by atomic mass is 19.1. The summed E-state index contributed by atoms with van der Waals surface area (Å²) in [5.41, 5.74) is 0. The Kier molecular flexibility index (Phi) is 3.99. The first-order valence-corrected chi connectivity index (χ1v) is 7.16. The van der Waals surface area contributed by atoms with Crippen LogP contribution in [0.4, 0.5) is 4.39 Å². The number of para-hydroxylation sites is 1. The SMILES string of the molecule is Fc1ccccc1OCCN1CCC2NCCC2C1. The van der Waals surface area contributed by atoms with E-state index < -0.39 is 0 Å². The average Bonchev–Trinajstić information content (AvgIpc) is 2.88. The zero-order chi connectivity index (χ0) is 13.1. The fourth-order valence-corrected chi connectivity index (χ4v) is 3.17. The van der Waals surface area contributed by atoms with E-state index in [9.17, 15) is 4.39 Å². The number of hydrogen-bond acceptors (Lipinski definition) is 3. The minimum absolute atomic E-state index is 0.277. The number of hydrogen-bond donors (Lipinski definition) is 1. The lowest BCUT2D eigenvalue weighted by Gasteiger charge is -2.34. The Morgan fingerprint density at radius 2 is 2.21 bits per heavy atom. The molecule has 0 amide bonds. The van der Waals surface area contributed by atoms with Crippen LogP contribution in [-0.4, -0.2) is 43.7 Å². The van der Waals surface area contributed by atoms with Crippen molar-refractivity contribution in [2.24, 2.45) is 5.92 Å². The number of nitrogens with zero attached hydrogens (tertiary/aromatic N) is 1. The Hall–Kier alpha value is -1.13. The molecule has 2 aliphatic heterocycles. The van der Waals surface area contributed by atoms with Crippen molar-refractivity contribution in [1.82, 2.24) is 10.2 Å². The summed E-state index contributed by atoms with van der Waals surface area (Å²) < 4.78 is 18.9. The van der Waals surface area contributed by atoms with Crippen LogP contribution in [0.15, 0.2) is 24.3 Å². The predicted octanol–water partition coefficient (Wildman–Crippen LogP) is 1.89. The molecule has 104 valence electrons. The quantitative estimate of drug-likeness (QED) is 0.899. The van der Waals surface area contributed by atoms with Crippen molar-refractivity contribution in [1.29, 1.82) is 0 Å². The van der Waals surface area contributed by atoms with E-state index in [4.69, 9.17) is 4.74 Å². The van der Waals surface area contributed by atoms with Gasteiger partial charge in [0.25, 0.3) is 0 Å². The van der Waals surface area contributed by atoms with E-state index in [1.54, 1.807) is 18.2 Å². The molecule has 2 saturated heterocycles. The molecule has 4 heteroatoms. The Morgan fingerprint density at radius 3 is 3.11 bits per heavy atom. The zero-order valence-electron chi connectivity index (χ0n) is 11.1. The first-order valence-electron chi connectivity index (χ1n) is 7.16. The number of benzene rings is 1. The summed E-state index contributed by atoms with van der Waals surface area (Å²) >= 11 is 0. The lowest BCUT2D eigenvalue weighted by Crippen LogP contribution is -2.45. The Bertz CT molecular complexity index is 426. The van der Waals surface area contributed by atoms with Crippen LogP contribution >= 0.6 is 0 Å². The molecule has 2 unspecified atom stereocenters. The number of fused-ring (bicyclic) bond motifs is 1. The van der Waals surface area contributed by atoms with Crippen molar-refractivity contribution in [3.63, 3.8) is 0 Å². The van der Waals surface area contributed by atoms with Gasteiger partial charge in [-0.2, -0.15) is 0 Å². The third kappa shape index (κ3) is 3.07. The fraction of sp³-hybridized carbons (Fsp3) is 0.600. The van der Waals surface area contributed by atoms with Crippen molar-refractivity contribution in [3.05, 3.63) is 30.1 Å². The van der Waals surface area contributed by atoms with Crippen LogP contribution in [-0.2, 0) is 0 Å². The van der Waals surface area contributed by atoms with Crippen LogP contribution in [0, 0.1) is 11.7 Å². The number of likely N-dealkylation sites (tertiary alicyclic amines) is 1. The third-order valence-electron chi connectivity index (χ3n) is 4.24. The molecule has 1 aromatic rings. The van der Waals surface area contributed by atoms with Crippen LogP contribution in [0.5, 0.6) is 5.75 Å². The van der Waals surface area contributed by atoms with Gasteiger partial charge in [0.1, 0.15) is 6.61 Å². The molecule has 3 nitrogen and oxygen atoms in total. The molecule has 2 heterocycles.